The van der Waals surface area contributed by atoms with Crippen LogP contribution in [0.2, 0.25) is 10.0 Å². The molecular weight excluding hydrogens is 413 g/mol. The largest absolute Gasteiger partial charge is 0.481 e. The molecule has 0 aliphatic heterocycles. The number of hydrogen-bond acceptors (Lipinski definition) is 3. The van der Waals surface area contributed by atoms with Crippen molar-refractivity contribution in [1.82, 2.24) is 15.1 Å². The Morgan fingerprint density at radius 3 is 2.59 bits per heavy atom. The first-order valence-electron chi connectivity index (χ1n) is 9.28. The SMILES string of the molecule is O=C(O)CC(CC(=O)NCCCn1ncc2c(Cl)cccc21)c1ccc(Cl)cc1. The number of nitrogens with one attached hydrogen (secondary N) is 1. The Kier molecular flexibility index (Phi) is 7.12. The molecule has 152 valence electrons. The Balaban J connectivity index is 1.51. The van der Waals surface area contributed by atoms with Gasteiger partial charge in [-0.2, -0.15) is 5.10 Å². The van der Waals surface area contributed by atoms with Gasteiger partial charge in [-0.25, -0.2) is 0 Å². The van der Waals surface area contributed by atoms with Gasteiger partial charge in [0.1, 0.15) is 0 Å². The summed E-state index contributed by atoms with van der Waals surface area (Å²) in [6.07, 6.45) is 2.42. The quantitative estimate of drug-likeness (QED) is 0.486. The van der Waals surface area contributed by atoms with Gasteiger partial charge in [0.15, 0.2) is 0 Å². The van der Waals surface area contributed by atoms with Crippen LogP contribution in [-0.4, -0.2) is 33.3 Å². The second-order valence-electron chi connectivity index (χ2n) is 6.79. The summed E-state index contributed by atoms with van der Waals surface area (Å²) in [5, 5.41) is 18.5. The van der Waals surface area contributed by atoms with E-state index in [0.717, 1.165) is 16.5 Å². The van der Waals surface area contributed by atoms with Crippen LogP contribution >= 0.6 is 23.2 Å². The summed E-state index contributed by atoms with van der Waals surface area (Å²) in [6.45, 7) is 1.11. The van der Waals surface area contributed by atoms with E-state index in [1.165, 1.54) is 0 Å². The number of rotatable bonds is 9. The molecule has 3 aromatic rings. The first kappa shape index (κ1) is 21.1. The van der Waals surface area contributed by atoms with Crippen molar-refractivity contribution in [2.45, 2.75) is 31.7 Å². The molecule has 6 nitrogen and oxygen atoms in total. The summed E-state index contributed by atoms with van der Waals surface area (Å²) in [4.78, 5) is 23.5. The predicted octanol–water partition coefficient (Wildman–Crippen LogP) is 4.50. The molecule has 0 saturated heterocycles. The fraction of sp³-hybridized carbons (Fsp3) is 0.286. The summed E-state index contributed by atoms with van der Waals surface area (Å²) >= 11 is 12.0. The van der Waals surface area contributed by atoms with E-state index < -0.39 is 11.9 Å². The van der Waals surface area contributed by atoms with Gasteiger partial charge >= 0.3 is 5.97 Å². The van der Waals surface area contributed by atoms with Crippen LogP contribution in [0.1, 0.15) is 30.7 Å². The summed E-state index contributed by atoms with van der Waals surface area (Å²) in [6, 6.07) is 12.6. The number of carbonyl (C=O) groups is 2. The molecule has 1 unspecified atom stereocenters. The maximum Gasteiger partial charge on any atom is 0.303 e. The van der Waals surface area contributed by atoms with Gasteiger partial charge in [0.2, 0.25) is 5.91 Å². The molecule has 0 saturated carbocycles. The van der Waals surface area contributed by atoms with Crippen molar-refractivity contribution in [3.05, 3.63) is 64.3 Å². The van der Waals surface area contributed by atoms with Crippen LogP contribution in [0.25, 0.3) is 10.9 Å². The molecule has 1 heterocycles. The van der Waals surface area contributed by atoms with Gasteiger partial charge in [-0.1, -0.05) is 41.4 Å². The molecule has 0 fully saturated rings. The Bertz CT molecular complexity index is 1000. The number of carboxylic acids is 1. The van der Waals surface area contributed by atoms with Crippen molar-refractivity contribution in [2.75, 3.05) is 6.54 Å². The maximum atomic E-state index is 12.3. The van der Waals surface area contributed by atoms with Gasteiger partial charge < -0.3 is 10.4 Å². The zero-order valence-electron chi connectivity index (χ0n) is 15.6. The van der Waals surface area contributed by atoms with Crippen LogP contribution in [0, 0.1) is 0 Å². The minimum atomic E-state index is -0.943. The minimum absolute atomic E-state index is 0.105. The van der Waals surface area contributed by atoms with E-state index in [4.69, 9.17) is 28.3 Å². The third-order valence-electron chi connectivity index (χ3n) is 4.70. The molecule has 0 aliphatic rings. The molecule has 3 rings (SSSR count). The lowest BCUT2D eigenvalue weighted by Gasteiger charge is -2.15. The fourth-order valence-electron chi connectivity index (χ4n) is 3.25. The smallest absolute Gasteiger partial charge is 0.303 e. The van der Waals surface area contributed by atoms with Crippen LogP contribution in [-0.2, 0) is 16.1 Å². The minimum Gasteiger partial charge on any atom is -0.481 e. The summed E-state index contributed by atoms with van der Waals surface area (Å²) in [5.74, 6) is -1.52. The Morgan fingerprint density at radius 2 is 1.86 bits per heavy atom. The number of benzene rings is 2. The van der Waals surface area contributed by atoms with E-state index in [2.05, 4.69) is 10.4 Å². The fourth-order valence-corrected chi connectivity index (χ4v) is 3.60. The average molecular weight is 434 g/mol. The van der Waals surface area contributed by atoms with Gasteiger partial charge in [-0.15, -0.1) is 0 Å². The number of aromatic nitrogens is 2. The number of nitrogens with zero attached hydrogens (tertiary/aromatic N) is 2. The maximum absolute atomic E-state index is 12.3. The van der Waals surface area contributed by atoms with Crippen molar-refractivity contribution in [3.8, 4) is 0 Å². The Labute approximate surface area is 178 Å². The van der Waals surface area contributed by atoms with E-state index in [9.17, 15) is 9.59 Å². The summed E-state index contributed by atoms with van der Waals surface area (Å²) in [5.41, 5.74) is 1.74. The zero-order chi connectivity index (χ0) is 20.8. The highest BCUT2D eigenvalue weighted by atomic mass is 35.5. The monoisotopic (exact) mass is 433 g/mol. The Morgan fingerprint density at radius 1 is 1.10 bits per heavy atom. The summed E-state index contributed by atoms with van der Waals surface area (Å²) in [7, 11) is 0. The molecule has 1 aromatic heterocycles. The number of halogens is 2. The standard InChI is InChI=1S/C21H21Cl2N3O3/c22-16-7-5-14(6-8-16)15(12-21(28)29)11-20(27)24-9-2-10-26-19-4-1-3-18(23)17(19)13-25-26/h1,3-8,13,15H,2,9-12H2,(H,24,27)(H,28,29). The molecular formula is C21H21Cl2N3O3. The third-order valence-corrected chi connectivity index (χ3v) is 5.28. The van der Waals surface area contributed by atoms with Crippen molar-refractivity contribution < 1.29 is 14.7 Å². The lowest BCUT2D eigenvalue weighted by Crippen LogP contribution is -2.27. The predicted molar refractivity (Wildman–Crippen MR) is 113 cm³/mol. The highest BCUT2D eigenvalue weighted by Crippen LogP contribution is 2.25. The van der Waals surface area contributed by atoms with Gasteiger partial charge in [-0.3, -0.25) is 14.3 Å². The van der Waals surface area contributed by atoms with Crippen LogP contribution < -0.4 is 5.32 Å². The molecule has 8 heteroatoms. The molecule has 29 heavy (non-hydrogen) atoms. The highest BCUT2D eigenvalue weighted by Gasteiger charge is 2.19. The molecule has 0 radical (unpaired) electrons. The van der Waals surface area contributed by atoms with Gasteiger partial charge in [0, 0.05) is 35.8 Å². The molecule has 0 aliphatic carbocycles. The highest BCUT2D eigenvalue weighted by molar-refractivity contribution is 6.35. The number of aliphatic carboxylic acids is 1. The van der Waals surface area contributed by atoms with Gasteiger partial charge in [0.25, 0.3) is 0 Å². The van der Waals surface area contributed by atoms with E-state index in [0.29, 0.717) is 29.6 Å². The van der Waals surface area contributed by atoms with E-state index in [1.54, 1.807) is 30.5 Å². The van der Waals surface area contributed by atoms with Gasteiger partial charge in [0.05, 0.1) is 23.2 Å². The van der Waals surface area contributed by atoms with Crippen molar-refractivity contribution in [3.63, 3.8) is 0 Å². The van der Waals surface area contributed by atoms with Crippen molar-refractivity contribution in [2.24, 2.45) is 0 Å². The number of aryl methyl sites for hydroxylation is 1. The lowest BCUT2D eigenvalue weighted by molar-refractivity contribution is -0.137. The first-order chi connectivity index (χ1) is 13.9. The average Bonchev–Trinajstić information content (AvgIpc) is 3.09. The Hall–Kier alpha value is -2.57. The van der Waals surface area contributed by atoms with Crippen LogP contribution in [0.3, 0.4) is 0 Å². The van der Waals surface area contributed by atoms with E-state index >= 15 is 0 Å². The number of carbonyl (C=O) groups excluding carboxylic acids is 1. The van der Waals surface area contributed by atoms with Crippen molar-refractivity contribution in [1.29, 1.82) is 0 Å². The van der Waals surface area contributed by atoms with Gasteiger partial charge in [-0.05, 0) is 36.2 Å². The third kappa shape index (κ3) is 5.71. The van der Waals surface area contributed by atoms with E-state index in [1.807, 2.05) is 22.9 Å². The lowest BCUT2D eigenvalue weighted by atomic mass is 9.92. The normalized spacial score (nSPS) is 12.1. The van der Waals surface area contributed by atoms with Crippen molar-refractivity contribution >= 4 is 46.0 Å². The van der Waals surface area contributed by atoms with Crippen LogP contribution in [0.5, 0.6) is 0 Å². The zero-order valence-corrected chi connectivity index (χ0v) is 17.2. The molecule has 1 amide bonds. The first-order valence-corrected chi connectivity index (χ1v) is 10.0. The number of hydrogen-bond donors (Lipinski definition) is 2. The second kappa shape index (κ2) is 9.76. The van der Waals surface area contributed by atoms with Crippen LogP contribution in [0.4, 0.5) is 0 Å². The second-order valence-corrected chi connectivity index (χ2v) is 7.64. The number of fused-ring (bicyclic) bond motifs is 1. The van der Waals surface area contributed by atoms with E-state index in [-0.39, 0.29) is 18.7 Å². The number of amides is 1. The topological polar surface area (TPSA) is 84.2 Å². The number of carboxylic acid groups (broad SMARTS) is 1. The summed E-state index contributed by atoms with van der Waals surface area (Å²) < 4.78 is 1.86. The molecule has 0 spiro atoms. The van der Waals surface area contributed by atoms with Crippen LogP contribution in [0.15, 0.2) is 48.7 Å². The molecule has 2 N–H and O–H groups in total. The molecule has 1 atom stereocenters. The molecule has 2 aromatic carbocycles. The molecule has 0 bridgehead atoms.